The highest BCUT2D eigenvalue weighted by atomic mass is 16.2. The first-order valence-corrected chi connectivity index (χ1v) is 10.5. The fraction of sp³-hybridized carbons (Fsp3) is 0.292. The molecule has 0 aliphatic carbocycles. The van der Waals surface area contributed by atoms with Gasteiger partial charge in [0.05, 0.1) is 6.04 Å². The molecule has 4 rings (SSSR count). The first-order valence-electron chi connectivity index (χ1n) is 10.5. The van der Waals surface area contributed by atoms with Crippen molar-refractivity contribution in [3.8, 4) is 0 Å². The van der Waals surface area contributed by atoms with Gasteiger partial charge in [-0.1, -0.05) is 60.7 Å². The average Bonchev–Trinajstić information content (AvgIpc) is 2.80. The molecule has 7 nitrogen and oxygen atoms in total. The van der Waals surface area contributed by atoms with E-state index in [0.29, 0.717) is 13.1 Å². The second-order valence-electron chi connectivity index (χ2n) is 7.69. The molecule has 1 aliphatic rings. The molecule has 1 N–H and O–H groups in total. The van der Waals surface area contributed by atoms with Crippen molar-refractivity contribution in [3.05, 3.63) is 105 Å². The molecule has 160 valence electrons. The maximum Gasteiger partial charge on any atom is 0.328 e. The van der Waals surface area contributed by atoms with Crippen LogP contribution < -0.4 is 11.2 Å². The largest absolute Gasteiger partial charge is 0.340 e. The summed E-state index contributed by atoms with van der Waals surface area (Å²) in [6.45, 7) is 3.11. The van der Waals surface area contributed by atoms with Gasteiger partial charge >= 0.3 is 5.69 Å². The number of hydrogen-bond acceptors (Lipinski definition) is 4. The number of nitrogens with one attached hydrogen (secondary N) is 1. The molecule has 0 spiro atoms. The molecule has 1 amide bonds. The summed E-state index contributed by atoms with van der Waals surface area (Å²) in [6.07, 6.45) is 1.66. The summed E-state index contributed by atoms with van der Waals surface area (Å²) in [7, 11) is 0. The molecule has 31 heavy (non-hydrogen) atoms. The number of nitrogens with zero attached hydrogens (tertiary/aromatic N) is 3. The van der Waals surface area contributed by atoms with Gasteiger partial charge in [-0.25, -0.2) is 4.79 Å². The van der Waals surface area contributed by atoms with Gasteiger partial charge in [-0.05, 0) is 11.1 Å². The van der Waals surface area contributed by atoms with Crippen LogP contribution in [0, 0.1) is 0 Å². The zero-order valence-electron chi connectivity index (χ0n) is 17.3. The predicted octanol–water partition coefficient (Wildman–Crippen LogP) is 1.86. The third-order valence-corrected chi connectivity index (χ3v) is 5.73. The van der Waals surface area contributed by atoms with Gasteiger partial charge in [0.2, 0.25) is 5.91 Å². The maximum absolute atomic E-state index is 12.7. The normalized spacial score (nSPS) is 14.7. The smallest absolute Gasteiger partial charge is 0.328 e. The van der Waals surface area contributed by atoms with Crippen molar-refractivity contribution in [3.63, 3.8) is 0 Å². The highest BCUT2D eigenvalue weighted by Gasteiger charge is 2.27. The van der Waals surface area contributed by atoms with E-state index in [0.717, 1.165) is 13.1 Å². The monoisotopic (exact) mass is 418 g/mol. The lowest BCUT2D eigenvalue weighted by molar-refractivity contribution is -0.133. The molecule has 2 aromatic carbocycles. The molecule has 0 unspecified atom stereocenters. The van der Waals surface area contributed by atoms with Gasteiger partial charge in [-0.2, -0.15) is 0 Å². The third-order valence-electron chi connectivity index (χ3n) is 5.73. The third kappa shape index (κ3) is 5.00. The Kier molecular flexibility index (Phi) is 6.43. The Morgan fingerprint density at radius 2 is 1.42 bits per heavy atom. The number of aryl methyl sites for hydroxylation is 1. The lowest BCUT2D eigenvalue weighted by Gasteiger charge is -2.40. The number of H-pyrrole nitrogens is 1. The zero-order valence-corrected chi connectivity index (χ0v) is 17.3. The summed E-state index contributed by atoms with van der Waals surface area (Å²) in [6, 6.07) is 22.3. The van der Waals surface area contributed by atoms with Crippen LogP contribution >= 0.6 is 0 Å². The van der Waals surface area contributed by atoms with Gasteiger partial charge in [0, 0.05) is 51.4 Å². The molecule has 1 aromatic heterocycles. The van der Waals surface area contributed by atoms with Crippen LogP contribution in [-0.2, 0) is 11.3 Å². The van der Waals surface area contributed by atoms with Gasteiger partial charge < -0.3 is 9.47 Å². The van der Waals surface area contributed by atoms with Crippen LogP contribution in [0.15, 0.2) is 82.5 Å². The van der Waals surface area contributed by atoms with Crippen molar-refractivity contribution in [2.75, 3.05) is 26.2 Å². The molecule has 0 saturated carbocycles. The van der Waals surface area contributed by atoms with E-state index in [4.69, 9.17) is 0 Å². The number of benzene rings is 2. The highest BCUT2D eigenvalue weighted by molar-refractivity contribution is 5.76. The SMILES string of the molecule is O=C(CCn1ccc(=O)[nH]c1=O)N1CCN(C(c2ccccc2)c2ccccc2)CC1. The Labute approximate surface area is 180 Å². The van der Waals surface area contributed by atoms with Crippen LogP contribution in [0.1, 0.15) is 23.6 Å². The molecule has 3 aromatic rings. The molecular formula is C24H26N4O3. The maximum atomic E-state index is 12.7. The minimum Gasteiger partial charge on any atom is -0.340 e. The number of carbonyl (C=O) groups excluding carboxylic acids is 1. The van der Waals surface area contributed by atoms with E-state index in [1.165, 1.54) is 28.0 Å². The van der Waals surface area contributed by atoms with Crippen molar-refractivity contribution in [2.45, 2.75) is 19.0 Å². The summed E-state index contributed by atoms with van der Waals surface area (Å²) in [5, 5.41) is 0. The predicted molar refractivity (Wildman–Crippen MR) is 119 cm³/mol. The Balaban J connectivity index is 1.40. The number of carbonyl (C=O) groups is 1. The topological polar surface area (TPSA) is 78.4 Å². The lowest BCUT2D eigenvalue weighted by Crippen LogP contribution is -2.50. The quantitative estimate of drug-likeness (QED) is 0.663. The van der Waals surface area contributed by atoms with Gasteiger partial charge in [-0.15, -0.1) is 0 Å². The van der Waals surface area contributed by atoms with Crippen molar-refractivity contribution in [1.29, 1.82) is 0 Å². The molecule has 7 heteroatoms. The Bertz CT molecular complexity index is 1080. The van der Waals surface area contributed by atoms with Gasteiger partial charge in [0.25, 0.3) is 5.56 Å². The van der Waals surface area contributed by atoms with Crippen molar-refractivity contribution in [2.24, 2.45) is 0 Å². The summed E-state index contributed by atoms with van der Waals surface area (Å²) in [5.74, 6) is 0.0220. The van der Waals surface area contributed by atoms with Crippen LogP contribution in [0.2, 0.25) is 0 Å². The minimum atomic E-state index is -0.487. The van der Waals surface area contributed by atoms with Crippen LogP contribution in [0.3, 0.4) is 0 Å². The second-order valence-corrected chi connectivity index (χ2v) is 7.69. The van der Waals surface area contributed by atoms with E-state index in [1.54, 1.807) is 0 Å². The van der Waals surface area contributed by atoms with Gasteiger partial charge in [-0.3, -0.25) is 19.5 Å². The minimum absolute atomic E-state index is 0.0220. The van der Waals surface area contributed by atoms with Gasteiger partial charge in [0.15, 0.2) is 0 Å². The number of aromatic amines is 1. The number of amides is 1. The lowest BCUT2D eigenvalue weighted by atomic mass is 9.96. The van der Waals surface area contributed by atoms with Gasteiger partial charge in [0.1, 0.15) is 0 Å². The van der Waals surface area contributed by atoms with E-state index in [2.05, 4.69) is 58.4 Å². The van der Waals surface area contributed by atoms with Crippen molar-refractivity contribution < 1.29 is 4.79 Å². The van der Waals surface area contributed by atoms with E-state index in [1.807, 2.05) is 17.0 Å². The molecular weight excluding hydrogens is 392 g/mol. The number of hydrogen-bond donors (Lipinski definition) is 1. The first kappa shape index (κ1) is 20.8. The number of aromatic nitrogens is 2. The van der Waals surface area contributed by atoms with Crippen molar-refractivity contribution >= 4 is 5.91 Å². The summed E-state index contributed by atoms with van der Waals surface area (Å²) in [5.41, 5.74) is 1.56. The summed E-state index contributed by atoms with van der Waals surface area (Å²) in [4.78, 5) is 42.1. The fourth-order valence-corrected chi connectivity index (χ4v) is 4.11. The standard InChI is InChI=1S/C24H26N4O3/c29-21-11-13-28(24(31)25-21)14-12-22(30)26-15-17-27(18-16-26)23(19-7-3-1-4-8-19)20-9-5-2-6-10-20/h1-11,13,23H,12,14-18H2,(H,25,29,31). The number of piperazine rings is 1. The van der Waals surface area contributed by atoms with Crippen LogP contribution in [0.25, 0.3) is 0 Å². The van der Waals surface area contributed by atoms with Crippen LogP contribution in [0.4, 0.5) is 0 Å². The van der Waals surface area contributed by atoms with E-state index in [-0.39, 0.29) is 24.9 Å². The van der Waals surface area contributed by atoms with Crippen LogP contribution in [-0.4, -0.2) is 51.4 Å². The molecule has 0 atom stereocenters. The molecule has 1 aliphatic heterocycles. The van der Waals surface area contributed by atoms with Crippen LogP contribution in [0.5, 0.6) is 0 Å². The highest BCUT2D eigenvalue weighted by Crippen LogP contribution is 2.29. The van der Waals surface area contributed by atoms with E-state index < -0.39 is 11.2 Å². The summed E-state index contributed by atoms with van der Waals surface area (Å²) < 4.78 is 1.36. The average molecular weight is 418 g/mol. The molecule has 1 fully saturated rings. The Hall–Kier alpha value is -3.45. The molecule has 0 bridgehead atoms. The van der Waals surface area contributed by atoms with E-state index in [9.17, 15) is 14.4 Å². The molecule has 0 radical (unpaired) electrons. The molecule has 2 heterocycles. The molecule has 1 saturated heterocycles. The fourth-order valence-electron chi connectivity index (χ4n) is 4.11. The Morgan fingerprint density at radius 3 is 1.97 bits per heavy atom. The van der Waals surface area contributed by atoms with Crippen molar-refractivity contribution in [1.82, 2.24) is 19.4 Å². The first-order chi connectivity index (χ1) is 15.1. The zero-order chi connectivity index (χ0) is 21.6. The number of rotatable bonds is 6. The second kappa shape index (κ2) is 9.57. The summed E-state index contributed by atoms with van der Waals surface area (Å²) >= 11 is 0. The van der Waals surface area contributed by atoms with E-state index >= 15 is 0 Å². The Morgan fingerprint density at radius 1 is 0.839 bits per heavy atom.